The second-order valence-corrected chi connectivity index (χ2v) is 12.7. The van der Waals surface area contributed by atoms with E-state index in [4.69, 9.17) is 0 Å². The zero-order valence-corrected chi connectivity index (χ0v) is 22.3. The Morgan fingerprint density at radius 1 is 1.03 bits per heavy atom. The fraction of sp³-hybridized carbons (Fsp3) is 0.160. The van der Waals surface area contributed by atoms with Crippen LogP contribution in [-0.2, 0) is 15.0 Å². The Bertz CT molecular complexity index is 1570. The first kappa shape index (κ1) is 20.5. The number of nitrogens with zero attached hydrogens (tertiary/aromatic N) is 3. The molecule has 0 saturated heterocycles. The topological polar surface area (TPSA) is 54.7 Å². The summed E-state index contributed by atoms with van der Waals surface area (Å²) in [5, 5.41) is 2.54. The minimum absolute atomic E-state index is 0.156. The average Bonchev–Trinajstić information content (AvgIpc) is 3.34. The van der Waals surface area contributed by atoms with Crippen LogP contribution in [0.25, 0.3) is 31.6 Å². The number of para-hydroxylation sites is 2. The average molecular weight is 648 g/mol. The van der Waals surface area contributed by atoms with Crippen LogP contribution in [0.1, 0.15) is 28.6 Å². The Morgan fingerprint density at radius 3 is 2.59 bits per heavy atom. The van der Waals surface area contributed by atoms with Gasteiger partial charge in [-0.05, 0) is 0 Å². The van der Waals surface area contributed by atoms with E-state index in [2.05, 4.69) is 71.9 Å². The number of benzene rings is 2. The van der Waals surface area contributed by atoms with Crippen molar-refractivity contribution < 1.29 is 9.59 Å². The molecule has 0 saturated carbocycles. The van der Waals surface area contributed by atoms with Crippen LogP contribution in [0.5, 0.6) is 0 Å². The van der Waals surface area contributed by atoms with Crippen molar-refractivity contribution >= 4 is 86.3 Å². The second-order valence-electron chi connectivity index (χ2n) is 8.67. The van der Waals surface area contributed by atoms with Crippen molar-refractivity contribution in [1.29, 1.82) is 0 Å². The summed E-state index contributed by atoms with van der Waals surface area (Å²) in [4.78, 5) is 30.8. The van der Waals surface area contributed by atoms with E-state index < -0.39 is 26.3 Å². The molecule has 0 N–H and O–H groups in total. The van der Waals surface area contributed by atoms with E-state index >= 15 is 0 Å². The van der Waals surface area contributed by atoms with Crippen molar-refractivity contribution in [3.63, 3.8) is 0 Å². The first-order valence-electron chi connectivity index (χ1n) is 10.3. The van der Waals surface area contributed by atoms with Gasteiger partial charge in [-0.2, -0.15) is 0 Å². The van der Waals surface area contributed by atoms with Gasteiger partial charge in [-0.25, -0.2) is 0 Å². The van der Waals surface area contributed by atoms with E-state index in [-0.39, 0.29) is 16.9 Å². The SMILES string of the molecule is CN1C(=O)/C(=C/c2cc3c([te]2)-n2c4ccccc4c4cccc(c42)C3(C)C)C(=O)N=C1[Te]. The van der Waals surface area contributed by atoms with E-state index in [0.29, 0.717) is 3.88 Å². The molecule has 0 unspecified atom stereocenters. The number of aromatic nitrogens is 1. The van der Waals surface area contributed by atoms with Crippen LogP contribution in [0, 0.1) is 0 Å². The maximum absolute atomic E-state index is 12.8. The predicted molar refractivity (Wildman–Crippen MR) is 129 cm³/mol. The van der Waals surface area contributed by atoms with Gasteiger partial charge in [0, 0.05) is 0 Å². The summed E-state index contributed by atoms with van der Waals surface area (Å²) in [5.74, 6) is -0.720. The van der Waals surface area contributed by atoms with Crippen molar-refractivity contribution in [2.45, 2.75) is 19.3 Å². The number of hydrogen-bond acceptors (Lipinski definition) is 2. The molecular weight excluding hydrogens is 629 g/mol. The van der Waals surface area contributed by atoms with Gasteiger partial charge in [0.15, 0.2) is 0 Å². The van der Waals surface area contributed by atoms with Crippen LogP contribution in [-0.4, -0.2) is 74.9 Å². The molecule has 2 aromatic heterocycles. The molecule has 2 aliphatic heterocycles. The fourth-order valence-electron chi connectivity index (χ4n) is 4.81. The van der Waals surface area contributed by atoms with E-state index in [0.717, 1.165) is 3.58 Å². The van der Waals surface area contributed by atoms with E-state index in [9.17, 15) is 9.59 Å². The fourth-order valence-corrected chi connectivity index (χ4v) is 8.94. The molecule has 0 fully saturated rings. The molecule has 0 aliphatic carbocycles. The molecule has 0 atom stereocenters. The first-order valence-corrected chi connectivity index (χ1v) is 13.8. The summed E-state index contributed by atoms with van der Waals surface area (Å²) in [6.07, 6.45) is 1.79. The van der Waals surface area contributed by atoms with Gasteiger partial charge in [-0.1, -0.05) is 0 Å². The normalized spacial score (nSPS) is 18.5. The van der Waals surface area contributed by atoms with Crippen molar-refractivity contribution in [2.24, 2.45) is 4.99 Å². The molecule has 5 nitrogen and oxygen atoms in total. The summed E-state index contributed by atoms with van der Waals surface area (Å²) < 4.78 is 5.32. The molecule has 7 heteroatoms. The Morgan fingerprint density at radius 2 is 1.78 bits per heavy atom. The molecule has 4 aromatic rings. The molecule has 6 rings (SSSR count). The summed E-state index contributed by atoms with van der Waals surface area (Å²) in [5.41, 5.74) is 5.11. The third kappa shape index (κ3) is 2.66. The van der Waals surface area contributed by atoms with E-state index in [1.165, 1.54) is 41.5 Å². The predicted octanol–water partition coefficient (Wildman–Crippen LogP) is 3.39. The molecule has 0 spiro atoms. The molecule has 157 valence electrons. The van der Waals surface area contributed by atoms with Crippen LogP contribution in [0.15, 0.2) is 59.1 Å². The van der Waals surface area contributed by atoms with E-state index in [1.807, 2.05) is 0 Å². The Labute approximate surface area is 207 Å². The summed E-state index contributed by atoms with van der Waals surface area (Å²) >= 11 is 0.790. The Balaban J connectivity index is 1.64. The van der Waals surface area contributed by atoms with Crippen molar-refractivity contribution in [1.82, 2.24) is 9.47 Å². The number of amides is 2. The number of amidine groups is 1. The van der Waals surface area contributed by atoms with Gasteiger partial charge >= 0.3 is 209 Å². The van der Waals surface area contributed by atoms with Crippen molar-refractivity contribution in [3.05, 3.63) is 68.8 Å². The number of aliphatic imine (C=N–C) groups is 1. The monoisotopic (exact) mass is 652 g/mol. The molecule has 2 aromatic carbocycles. The number of carbonyl (C=O) groups is 2. The zero-order valence-electron chi connectivity index (χ0n) is 17.7. The molecule has 4 heterocycles. The number of carbonyl (C=O) groups excluding carboxylic acids is 2. The van der Waals surface area contributed by atoms with E-state index in [1.54, 1.807) is 35.4 Å². The number of likely N-dealkylation sites (N-methyl/N-ethyl adjacent to an activating group) is 1. The molecule has 32 heavy (non-hydrogen) atoms. The molecule has 2 aliphatic rings. The summed E-state index contributed by atoms with van der Waals surface area (Å²) in [6, 6.07) is 17.4. The van der Waals surface area contributed by atoms with Crippen molar-refractivity contribution in [3.8, 4) is 3.70 Å². The molecular formula is C25H18N3O2Te2. The standard InChI is InChI=1S/C25H18N3O2Te2/c1-25(2)17-9-6-8-15-14-7-4-5-10-19(14)28(20(15)17)23-18(25)12-13(32-23)11-16-21(29)26-24(31)27(3)22(16)30/h4-12H,1-3H3/b16-11+. The number of fused-ring (bicyclic) bond motifs is 5. The number of hydrogen-bond donors (Lipinski definition) is 0. The minimum atomic E-state index is -0.809. The Hall–Kier alpha value is -2.15. The zero-order chi connectivity index (χ0) is 22.4. The van der Waals surface area contributed by atoms with Gasteiger partial charge < -0.3 is 0 Å². The van der Waals surface area contributed by atoms with Crippen LogP contribution in [0.2, 0.25) is 0 Å². The van der Waals surface area contributed by atoms with Gasteiger partial charge in [0.2, 0.25) is 0 Å². The second kappa shape index (κ2) is 6.92. The molecule has 0 bridgehead atoms. The van der Waals surface area contributed by atoms with Crippen LogP contribution >= 0.6 is 0 Å². The first-order chi connectivity index (χ1) is 15.3. The van der Waals surface area contributed by atoms with Crippen LogP contribution < -0.4 is 0 Å². The van der Waals surface area contributed by atoms with Gasteiger partial charge in [-0.15, -0.1) is 0 Å². The summed E-state index contributed by atoms with van der Waals surface area (Å²) in [7, 11) is 1.66. The summed E-state index contributed by atoms with van der Waals surface area (Å²) in [6.45, 7) is 4.55. The maximum atomic E-state index is 12.8. The molecule has 1 radical (unpaired) electrons. The van der Waals surface area contributed by atoms with Crippen LogP contribution in [0.4, 0.5) is 0 Å². The van der Waals surface area contributed by atoms with Crippen molar-refractivity contribution in [2.75, 3.05) is 7.05 Å². The van der Waals surface area contributed by atoms with Gasteiger partial charge in [0.25, 0.3) is 0 Å². The van der Waals surface area contributed by atoms with Gasteiger partial charge in [0.05, 0.1) is 0 Å². The third-order valence-corrected chi connectivity index (χ3v) is 10.6. The quantitative estimate of drug-likeness (QED) is 0.181. The third-order valence-electron chi connectivity index (χ3n) is 6.51. The number of rotatable bonds is 1. The van der Waals surface area contributed by atoms with Crippen LogP contribution in [0.3, 0.4) is 0 Å². The Kier molecular flexibility index (Phi) is 4.43. The van der Waals surface area contributed by atoms with Gasteiger partial charge in [-0.3, -0.25) is 0 Å². The molecule has 2 amide bonds. The van der Waals surface area contributed by atoms with Gasteiger partial charge in [0.1, 0.15) is 0 Å².